The summed E-state index contributed by atoms with van der Waals surface area (Å²) in [4.78, 5) is 10.6. The van der Waals surface area contributed by atoms with Crippen molar-refractivity contribution in [2.24, 2.45) is 0 Å². The van der Waals surface area contributed by atoms with Crippen molar-refractivity contribution in [3.63, 3.8) is 0 Å². The van der Waals surface area contributed by atoms with Crippen LogP contribution in [0.15, 0.2) is 10.5 Å². The molecule has 0 unspecified atom stereocenters. The molecule has 0 saturated carbocycles. The summed E-state index contributed by atoms with van der Waals surface area (Å²) < 4.78 is 5.23. The lowest BCUT2D eigenvalue weighted by Gasteiger charge is -1.94. The summed E-state index contributed by atoms with van der Waals surface area (Å²) in [7, 11) is 0. The summed E-state index contributed by atoms with van der Waals surface area (Å²) in [5.41, 5.74) is 0.243. The van der Waals surface area contributed by atoms with E-state index in [1.54, 1.807) is 13.0 Å². The Labute approximate surface area is 76.6 Å². The first-order valence-corrected chi connectivity index (χ1v) is 4.18. The highest BCUT2D eigenvalue weighted by Crippen LogP contribution is 2.14. The summed E-state index contributed by atoms with van der Waals surface area (Å²) in [5, 5.41) is 11.8. The molecular formula is C9H13NO3. The fraction of sp³-hybridized carbons (Fsp3) is 0.444. The van der Waals surface area contributed by atoms with Gasteiger partial charge in [0, 0.05) is 0 Å². The molecule has 0 aliphatic heterocycles. The molecule has 1 heterocycles. The number of furan rings is 1. The SMILES string of the molecule is CCNCc1cc(C(=O)O)c(C)o1. The number of carboxylic acids is 1. The summed E-state index contributed by atoms with van der Waals surface area (Å²) in [6, 6.07) is 1.56. The van der Waals surface area contributed by atoms with E-state index >= 15 is 0 Å². The molecule has 0 aromatic carbocycles. The highest BCUT2D eigenvalue weighted by molar-refractivity contribution is 5.88. The number of carboxylic acid groups (broad SMARTS) is 1. The minimum absolute atomic E-state index is 0.243. The van der Waals surface area contributed by atoms with Gasteiger partial charge in [0.25, 0.3) is 0 Å². The average Bonchev–Trinajstić information content (AvgIpc) is 2.43. The summed E-state index contributed by atoms with van der Waals surface area (Å²) in [6.45, 7) is 5.04. The highest BCUT2D eigenvalue weighted by Gasteiger charge is 2.12. The van der Waals surface area contributed by atoms with Crippen LogP contribution >= 0.6 is 0 Å². The van der Waals surface area contributed by atoms with Gasteiger partial charge in [0.15, 0.2) is 0 Å². The molecule has 0 amide bonds. The van der Waals surface area contributed by atoms with Crippen LogP contribution in [0.25, 0.3) is 0 Å². The minimum atomic E-state index is -0.941. The lowest BCUT2D eigenvalue weighted by atomic mass is 10.2. The number of rotatable bonds is 4. The van der Waals surface area contributed by atoms with Gasteiger partial charge in [-0.1, -0.05) is 6.92 Å². The van der Waals surface area contributed by atoms with Crippen molar-refractivity contribution in [1.29, 1.82) is 0 Å². The van der Waals surface area contributed by atoms with Crippen molar-refractivity contribution >= 4 is 5.97 Å². The van der Waals surface area contributed by atoms with Gasteiger partial charge < -0.3 is 14.8 Å². The monoisotopic (exact) mass is 183 g/mol. The number of aromatic carboxylic acids is 1. The normalized spacial score (nSPS) is 10.3. The van der Waals surface area contributed by atoms with E-state index in [0.717, 1.165) is 6.54 Å². The lowest BCUT2D eigenvalue weighted by molar-refractivity contribution is 0.0695. The first-order chi connectivity index (χ1) is 6.15. The second kappa shape index (κ2) is 4.09. The van der Waals surface area contributed by atoms with E-state index in [1.165, 1.54) is 0 Å². The van der Waals surface area contributed by atoms with Crippen molar-refractivity contribution < 1.29 is 14.3 Å². The Hall–Kier alpha value is -1.29. The predicted molar refractivity (Wildman–Crippen MR) is 47.8 cm³/mol. The standard InChI is InChI=1S/C9H13NO3/c1-3-10-5-7-4-8(9(11)12)6(2)13-7/h4,10H,3,5H2,1-2H3,(H,11,12). The molecule has 0 aliphatic carbocycles. The maximum absolute atomic E-state index is 10.6. The van der Waals surface area contributed by atoms with Crippen LogP contribution in [0.5, 0.6) is 0 Å². The molecule has 72 valence electrons. The maximum atomic E-state index is 10.6. The summed E-state index contributed by atoms with van der Waals surface area (Å²) >= 11 is 0. The van der Waals surface area contributed by atoms with E-state index in [2.05, 4.69) is 5.32 Å². The van der Waals surface area contributed by atoms with E-state index < -0.39 is 5.97 Å². The molecule has 1 aromatic rings. The first-order valence-electron chi connectivity index (χ1n) is 4.18. The van der Waals surface area contributed by atoms with Crippen molar-refractivity contribution in [1.82, 2.24) is 5.32 Å². The van der Waals surface area contributed by atoms with E-state index in [1.807, 2.05) is 6.92 Å². The lowest BCUT2D eigenvalue weighted by Crippen LogP contribution is -2.10. The molecule has 0 radical (unpaired) electrons. The fourth-order valence-electron chi connectivity index (χ4n) is 1.09. The molecule has 0 spiro atoms. The van der Waals surface area contributed by atoms with E-state index in [9.17, 15) is 4.79 Å². The first kappa shape index (κ1) is 9.80. The Balaban J connectivity index is 2.76. The molecule has 4 nitrogen and oxygen atoms in total. The van der Waals surface area contributed by atoms with E-state index in [-0.39, 0.29) is 5.56 Å². The number of hydrogen-bond acceptors (Lipinski definition) is 3. The summed E-state index contributed by atoms with van der Waals surface area (Å²) in [5.74, 6) is 0.182. The molecule has 0 aliphatic rings. The van der Waals surface area contributed by atoms with Gasteiger partial charge in [0.1, 0.15) is 17.1 Å². The third kappa shape index (κ3) is 2.32. The zero-order chi connectivity index (χ0) is 9.84. The number of aryl methyl sites for hydroxylation is 1. The molecule has 0 fully saturated rings. The number of carbonyl (C=O) groups is 1. The van der Waals surface area contributed by atoms with Crippen LogP contribution in [0.3, 0.4) is 0 Å². The van der Waals surface area contributed by atoms with Crippen LogP contribution < -0.4 is 5.32 Å². The Kier molecular flexibility index (Phi) is 3.08. The van der Waals surface area contributed by atoms with Gasteiger partial charge >= 0.3 is 5.97 Å². The molecule has 0 atom stereocenters. The van der Waals surface area contributed by atoms with Gasteiger partial charge in [-0.15, -0.1) is 0 Å². The van der Waals surface area contributed by atoms with Gasteiger partial charge in [-0.2, -0.15) is 0 Å². The molecule has 4 heteroatoms. The molecule has 2 N–H and O–H groups in total. The van der Waals surface area contributed by atoms with E-state index in [0.29, 0.717) is 18.1 Å². The van der Waals surface area contributed by atoms with Crippen molar-refractivity contribution in [3.05, 3.63) is 23.2 Å². The molecular weight excluding hydrogens is 170 g/mol. The highest BCUT2D eigenvalue weighted by atomic mass is 16.4. The third-order valence-electron chi connectivity index (χ3n) is 1.75. The molecule has 0 saturated heterocycles. The smallest absolute Gasteiger partial charge is 0.339 e. The zero-order valence-electron chi connectivity index (χ0n) is 7.76. The molecule has 1 rings (SSSR count). The second-order valence-electron chi connectivity index (χ2n) is 2.77. The van der Waals surface area contributed by atoms with Crippen LogP contribution in [0.1, 0.15) is 28.8 Å². The molecule has 1 aromatic heterocycles. The van der Waals surface area contributed by atoms with Gasteiger partial charge in [0.05, 0.1) is 6.54 Å². The third-order valence-corrected chi connectivity index (χ3v) is 1.75. The Bertz CT molecular complexity index is 304. The van der Waals surface area contributed by atoms with Crippen molar-refractivity contribution in [3.8, 4) is 0 Å². The largest absolute Gasteiger partial charge is 0.478 e. The van der Waals surface area contributed by atoms with Crippen LogP contribution in [0.2, 0.25) is 0 Å². The number of nitrogens with one attached hydrogen (secondary N) is 1. The quantitative estimate of drug-likeness (QED) is 0.740. The zero-order valence-corrected chi connectivity index (χ0v) is 7.76. The average molecular weight is 183 g/mol. The summed E-state index contributed by atoms with van der Waals surface area (Å²) in [6.07, 6.45) is 0. The van der Waals surface area contributed by atoms with Crippen molar-refractivity contribution in [2.45, 2.75) is 20.4 Å². The van der Waals surface area contributed by atoms with Gasteiger partial charge in [-0.25, -0.2) is 4.79 Å². The van der Waals surface area contributed by atoms with E-state index in [4.69, 9.17) is 9.52 Å². The van der Waals surface area contributed by atoms with Gasteiger partial charge in [-0.05, 0) is 19.5 Å². The Morgan fingerprint density at radius 3 is 2.85 bits per heavy atom. The topological polar surface area (TPSA) is 62.5 Å². The fourth-order valence-corrected chi connectivity index (χ4v) is 1.09. The van der Waals surface area contributed by atoms with Crippen LogP contribution in [-0.4, -0.2) is 17.6 Å². The molecule has 13 heavy (non-hydrogen) atoms. The van der Waals surface area contributed by atoms with Gasteiger partial charge in [-0.3, -0.25) is 0 Å². The van der Waals surface area contributed by atoms with Crippen LogP contribution in [0, 0.1) is 6.92 Å². The Morgan fingerprint density at radius 1 is 1.69 bits per heavy atom. The van der Waals surface area contributed by atoms with Gasteiger partial charge in [0.2, 0.25) is 0 Å². The number of hydrogen-bond donors (Lipinski definition) is 2. The predicted octanol–water partition coefficient (Wildman–Crippen LogP) is 1.40. The second-order valence-corrected chi connectivity index (χ2v) is 2.77. The Morgan fingerprint density at radius 2 is 2.38 bits per heavy atom. The van der Waals surface area contributed by atoms with Crippen molar-refractivity contribution in [2.75, 3.05) is 6.54 Å². The van der Waals surface area contributed by atoms with Crippen LogP contribution in [-0.2, 0) is 6.54 Å². The van der Waals surface area contributed by atoms with Crippen LogP contribution in [0.4, 0.5) is 0 Å². The molecule has 0 bridgehead atoms. The minimum Gasteiger partial charge on any atom is -0.478 e. The maximum Gasteiger partial charge on any atom is 0.339 e.